The Kier molecular flexibility index (Phi) is 8.33. The van der Waals surface area contributed by atoms with E-state index >= 15 is 0 Å². The van der Waals surface area contributed by atoms with Crippen molar-refractivity contribution in [2.45, 2.75) is 57.6 Å². The number of hydrogen-bond donors (Lipinski definition) is 0. The first-order chi connectivity index (χ1) is 16.0. The Morgan fingerprint density at radius 2 is 1.59 bits per heavy atom. The minimum Gasteiger partial charge on any atom is -0.444 e. The number of fused-ring (bicyclic) bond motifs is 1. The first-order valence-electron chi connectivity index (χ1n) is 11.5. The van der Waals surface area contributed by atoms with Gasteiger partial charge >= 0.3 is 6.09 Å². The molecule has 0 unspecified atom stereocenters. The first-order valence-corrected chi connectivity index (χ1v) is 12.9. The predicted octanol–water partition coefficient (Wildman–Crippen LogP) is 6.07. The molecule has 6 nitrogen and oxygen atoms in total. The number of carbonyl (C=O) groups is 1. The van der Waals surface area contributed by atoms with Crippen molar-refractivity contribution >= 4 is 27.0 Å². The molecular weight excluding hydrogens is 450 g/mol. The van der Waals surface area contributed by atoms with Gasteiger partial charge < -0.3 is 9.64 Å². The number of aryl methyl sites for hydroxylation is 1. The normalized spacial score (nSPS) is 12.0. The second-order valence-corrected chi connectivity index (χ2v) is 11.0. The van der Waals surface area contributed by atoms with Crippen LogP contribution < -0.4 is 0 Å². The fourth-order valence-corrected chi connectivity index (χ4v) is 4.49. The summed E-state index contributed by atoms with van der Waals surface area (Å²) in [5, 5.41) is 2.20. The van der Waals surface area contributed by atoms with Crippen molar-refractivity contribution in [3.05, 3.63) is 77.9 Å². The Labute approximate surface area is 202 Å². The van der Waals surface area contributed by atoms with Gasteiger partial charge in [0.15, 0.2) is 0 Å². The van der Waals surface area contributed by atoms with E-state index in [1.165, 1.54) is 0 Å². The molecule has 3 aromatic rings. The maximum Gasteiger partial charge on any atom is 0.410 e. The Bertz CT molecular complexity index is 1210. The summed E-state index contributed by atoms with van der Waals surface area (Å²) in [4.78, 5) is 14.7. The van der Waals surface area contributed by atoms with Crippen LogP contribution in [-0.4, -0.2) is 38.2 Å². The molecule has 0 saturated carbocycles. The molecule has 0 saturated heterocycles. The molecule has 0 aliphatic carbocycles. The Morgan fingerprint density at radius 1 is 0.912 bits per heavy atom. The number of ether oxygens (including phenoxy) is 1. The van der Waals surface area contributed by atoms with Crippen molar-refractivity contribution in [2.24, 2.45) is 0 Å². The van der Waals surface area contributed by atoms with Gasteiger partial charge in [-0.05, 0) is 69.0 Å². The summed E-state index contributed by atoms with van der Waals surface area (Å²) in [6.07, 6.45) is 0.668. The van der Waals surface area contributed by atoms with Gasteiger partial charge in [-0.3, -0.25) is 4.18 Å². The molecule has 7 heteroatoms. The Balaban J connectivity index is 1.62. The second kappa shape index (κ2) is 11.0. The van der Waals surface area contributed by atoms with Crippen LogP contribution in [0.25, 0.3) is 10.8 Å². The van der Waals surface area contributed by atoms with E-state index < -0.39 is 21.8 Å². The van der Waals surface area contributed by atoms with E-state index in [2.05, 4.69) is 0 Å². The molecular formula is C27H33NO5S. The highest BCUT2D eigenvalue weighted by Gasteiger charge is 2.23. The molecule has 3 rings (SSSR count). The summed E-state index contributed by atoms with van der Waals surface area (Å²) < 4.78 is 35.5. The predicted molar refractivity (Wildman–Crippen MR) is 134 cm³/mol. The molecule has 0 aliphatic heterocycles. The van der Waals surface area contributed by atoms with Crippen molar-refractivity contribution in [2.75, 3.05) is 13.2 Å². The molecule has 0 aliphatic rings. The van der Waals surface area contributed by atoms with E-state index in [1.54, 1.807) is 29.2 Å². The summed E-state index contributed by atoms with van der Waals surface area (Å²) in [5.74, 6) is 0. The van der Waals surface area contributed by atoms with Gasteiger partial charge in [-0.25, -0.2) is 4.79 Å². The van der Waals surface area contributed by atoms with E-state index in [0.29, 0.717) is 25.9 Å². The van der Waals surface area contributed by atoms with Crippen LogP contribution in [0, 0.1) is 6.92 Å². The topological polar surface area (TPSA) is 72.9 Å². The molecule has 0 radical (unpaired) electrons. The molecule has 1 amide bonds. The second-order valence-electron chi connectivity index (χ2n) is 9.34. The zero-order valence-electron chi connectivity index (χ0n) is 20.3. The average molecular weight is 484 g/mol. The summed E-state index contributed by atoms with van der Waals surface area (Å²) >= 11 is 0. The van der Waals surface area contributed by atoms with Crippen LogP contribution in [0.2, 0.25) is 0 Å². The maximum atomic E-state index is 12.9. The SMILES string of the molecule is Cc1ccc(S(=O)(=O)OCCCCN(Cc2cccc3ccccc23)C(=O)OC(C)(C)C)cc1. The van der Waals surface area contributed by atoms with Crippen molar-refractivity contribution < 1.29 is 22.1 Å². The molecule has 0 N–H and O–H groups in total. The van der Waals surface area contributed by atoms with Gasteiger partial charge in [-0.15, -0.1) is 0 Å². The smallest absolute Gasteiger partial charge is 0.410 e. The van der Waals surface area contributed by atoms with Crippen LogP contribution in [-0.2, 0) is 25.6 Å². The van der Waals surface area contributed by atoms with Gasteiger partial charge in [0.25, 0.3) is 10.1 Å². The lowest BCUT2D eigenvalue weighted by molar-refractivity contribution is 0.0229. The summed E-state index contributed by atoms with van der Waals surface area (Å²) in [5.41, 5.74) is 1.40. The fourth-order valence-electron chi connectivity index (χ4n) is 3.54. The van der Waals surface area contributed by atoms with E-state index in [4.69, 9.17) is 8.92 Å². The third kappa shape index (κ3) is 7.30. The molecule has 182 valence electrons. The Morgan fingerprint density at radius 3 is 2.29 bits per heavy atom. The monoisotopic (exact) mass is 483 g/mol. The molecule has 34 heavy (non-hydrogen) atoms. The molecule has 3 aromatic carbocycles. The largest absolute Gasteiger partial charge is 0.444 e. The van der Waals surface area contributed by atoms with Crippen LogP contribution in [0.3, 0.4) is 0 Å². The fraction of sp³-hybridized carbons (Fsp3) is 0.370. The molecule has 0 heterocycles. The number of benzene rings is 3. The number of rotatable bonds is 9. The van der Waals surface area contributed by atoms with Crippen LogP contribution in [0.5, 0.6) is 0 Å². The van der Waals surface area contributed by atoms with Crippen molar-refractivity contribution in [3.8, 4) is 0 Å². The summed E-state index contributed by atoms with van der Waals surface area (Å²) in [6, 6.07) is 20.7. The van der Waals surface area contributed by atoms with Crippen LogP contribution in [0.15, 0.2) is 71.6 Å². The highest BCUT2D eigenvalue weighted by Crippen LogP contribution is 2.22. The Hall–Kier alpha value is -2.90. The lowest BCUT2D eigenvalue weighted by atomic mass is 10.0. The summed E-state index contributed by atoms with van der Waals surface area (Å²) in [7, 11) is -3.80. The minimum atomic E-state index is -3.80. The van der Waals surface area contributed by atoms with Gasteiger partial charge in [0, 0.05) is 13.1 Å². The minimum absolute atomic E-state index is 0.0482. The van der Waals surface area contributed by atoms with Crippen LogP contribution >= 0.6 is 0 Å². The summed E-state index contributed by atoms with van der Waals surface area (Å²) in [6.45, 7) is 8.28. The van der Waals surface area contributed by atoms with Crippen molar-refractivity contribution in [1.29, 1.82) is 0 Å². The molecule has 0 atom stereocenters. The third-order valence-electron chi connectivity index (χ3n) is 5.26. The number of unbranched alkanes of at least 4 members (excludes halogenated alkanes) is 1. The number of hydrogen-bond acceptors (Lipinski definition) is 5. The van der Waals surface area contributed by atoms with Crippen LogP contribution in [0.1, 0.15) is 44.7 Å². The zero-order valence-corrected chi connectivity index (χ0v) is 21.1. The number of carbonyl (C=O) groups excluding carboxylic acids is 1. The molecule has 0 fully saturated rings. The highest BCUT2D eigenvalue weighted by atomic mass is 32.2. The maximum absolute atomic E-state index is 12.9. The number of nitrogens with zero attached hydrogens (tertiary/aromatic N) is 1. The van der Waals surface area contributed by atoms with Crippen molar-refractivity contribution in [1.82, 2.24) is 4.90 Å². The molecule has 0 bridgehead atoms. The van der Waals surface area contributed by atoms with Gasteiger partial charge in [0.05, 0.1) is 11.5 Å². The standard InChI is InChI=1S/C27H33NO5S/c1-21-14-16-24(17-15-21)34(30,31)32-19-8-7-18-28(26(29)33-27(2,3)4)20-23-12-9-11-22-10-5-6-13-25(22)23/h5-6,9-17H,7-8,18-20H2,1-4H3. The van der Waals surface area contributed by atoms with Crippen LogP contribution in [0.4, 0.5) is 4.79 Å². The lowest BCUT2D eigenvalue weighted by Crippen LogP contribution is -2.37. The zero-order chi connectivity index (χ0) is 24.8. The third-order valence-corrected chi connectivity index (χ3v) is 6.59. The van der Waals surface area contributed by atoms with Gasteiger partial charge in [0.2, 0.25) is 0 Å². The van der Waals surface area contributed by atoms with E-state index in [0.717, 1.165) is 21.9 Å². The van der Waals surface area contributed by atoms with Gasteiger partial charge in [-0.1, -0.05) is 60.2 Å². The molecule has 0 aromatic heterocycles. The van der Waals surface area contributed by atoms with Gasteiger partial charge in [-0.2, -0.15) is 8.42 Å². The van der Waals surface area contributed by atoms with Gasteiger partial charge in [0.1, 0.15) is 5.60 Å². The van der Waals surface area contributed by atoms with Crippen molar-refractivity contribution in [3.63, 3.8) is 0 Å². The first kappa shape index (κ1) is 25.7. The number of amides is 1. The molecule has 0 spiro atoms. The highest BCUT2D eigenvalue weighted by molar-refractivity contribution is 7.86. The lowest BCUT2D eigenvalue weighted by Gasteiger charge is -2.28. The average Bonchev–Trinajstić information content (AvgIpc) is 2.77. The van der Waals surface area contributed by atoms with E-state index in [-0.39, 0.29) is 11.5 Å². The van der Waals surface area contributed by atoms with E-state index in [1.807, 2.05) is 70.2 Å². The quantitative estimate of drug-likeness (QED) is 0.273. The van der Waals surface area contributed by atoms with E-state index in [9.17, 15) is 13.2 Å².